The van der Waals surface area contributed by atoms with Crippen molar-refractivity contribution in [2.45, 2.75) is 32.7 Å². The Morgan fingerprint density at radius 1 is 1.43 bits per heavy atom. The van der Waals surface area contributed by atoms with E-state index in [9.17, 15) is 4.79 Å². The van der Waals surface area contributed by atoms with Crippen molar-refractivity contribution < 1.29 is 9.21 Å². The highest BCUT2D eigenvalue weighted by molar-refractivity contribution is 7.97. The number of amides is 1. The van der Waals surface area contributed by atoms with Crippen molar-refractivity contribution in [2.75, 3.05) is 12.8 Å². The van der Waals surface area contributed by atoms with Crippen LogP contribution < -0.4 is 0 Å². The first kappa shape index (κ1) is 15.7. The summed E-state index contributed by atoms with van der Waals surface area (Å²) in [6.45, 7) is 6.02. The van der Waals surface area contributed by atoms with Gasteiger partial charge in [-0.25, -0.2) is 0 Å². The number of hydrogen-bond donors (Lipinski definition) is 0. The van der Waals surface area contributed by atoms with Crippen molar-refractivity contribution in [3.63, 3.8) is 0 Å². The molecule has 5 nitrogen and oxygen atoms in total. The van der Waals surface area contributed by atoms with Gasteiger partial charge in [0.15, 0.2) is 5.76 Å². The van der Waals surface area contributed by atoms with E-state index in [0.29, 0.717) is 18.8 Å². The SMILES string of the molecule is CCN(Cc1cnn(CC)c1)C(=O)c1ccc(CSC)o1. The molecular formula is C15H21N3O2S. The van der Waals surface area contributed by atoms with Crippen molar-refractivity contribution in [2.24, 2.45) is 0 Å². The molecule has 0 aliphatic rings. The van der Waals surface area contributed by atoms with E-state index < -0.39 is 0 Å². The zero-order valence-corrected chi connectivity index (χ0v) is 13.5. The van der Waals surface area contributed by atoms with E-state index in [2.05, 4.69) is 5.10 Å². The molecule has 0 spiro atoms. The standard InChI is InChI=1S/C15H21N3O2S/c1-4-17(9-12-8-16-18(5-2)10-12)15(19)14-7-6-13(20-14)11-21-3/h6-8,10H,4-5,9,11H2,1-3H3. The lowest BCUT2D eigenvalue weighted by atomic mass is 10.3. The molecular weight excluding hydrogens is 286 g/mol. The van der Waals surface area contributed by atoms with Crippen molar-refractivity contribution in [1.82, 2.24) is 14.7 Å². The van der Waals surface area contributed by atoms with Crippen LogP contribution in [-0.4, -0.2) is 33.4 Å². The largest absolute Gasteiger partial charge is 0.455 e. The van der Waals surface area contributed by atoms with Crippen LogP contribution in [0, 0.1) is 0 Å². The Morgan fingerprint density at radius 3 is 2.86 bits per heavy atom. The van der Waals surface area contributed by atoms with Crippen LogP contribution in [0.3, 0.4) is 0 Å². The van der Waals surface area contributed by atoms with Gasteiger partial charge in [-0.3, -0.25) is 9.48 Å². The fourth-order valence-electron chi connectivity index (χ4n) is 2.08. The minimum Gasteiger partial charge on any atom is -0.455 e. The summed E-state index contributed by atoms with van der Waals surface area (Å²) in [5.41, 5.74) is 1.03. The van der Waals surface area contributed by atoms with E-state index in [-0.39, 0.29) is 5.91 Å². The van der Waals surface area contributed by atoms with Crippen LogP contribution in [0.15, 0.2) is 28.9 Å². The number of aryl methyl sites for hydroxylation is 1. The normalized spacial score (nSPS) is 10.8. The van der Waals surface area contributed by atoms with Gasteiger partial charge in [0.2, 0.25) is 0 Å². The molecule has 2 heterocycles. The molecule has 6 heteroatoms. The van der Waals surface area contributed by atoms with Crippen molar-refractivity contribution in [1.29, 1.82) is 0 Å². The molecule has 0 saturated heterocycles. The summed E-state index contributed by atoms with van der Waals surface area (Å²) < 4.78 is 7.46. The molecule has 0 aliphatic carbocycles. The van der Waals surface area contributed by atoms with Crippen LogP contribution in [-0.2, 0) is 18.8 Å². The van der Waals surface area contributed by atoms with Crippen LogP contribution in [0.5, 0.6) is 0 Å². The maximum atomic E-state index is 12.5. The van der Waals surface area contributed by atoms with Crippen LogP contribution >= 0.6 is 11.8 Å². The molecule has 0 radical (unpaired) electrons. The Bertz CT molecular complexity index is 591. The van der Waals surface area contributed by atoms with Gasteiger partial charge in [-0.1, -0.05) is 0 Å². The molecule has 2 aromatic heterocycles. The number of thioether (sulfide) groups is 1. The molecule has 2 rings (SSSR count). The molecule has 0 atom stereocenters. The quantitative estimate of drug-likeness (QED) is 0.789. The fraction of sp³-hybridized carbons (Fsp3) is 0.467. The average Bonchev–Trinajstić information content (AvgIpc) is 3.13. The fourth-order valence-corrected chi connectivity index (χ4v) is 2.52. The van der Waals surface area contributed by atoms with Gasteiger partial charge in [0.05, 0.1) is 11.9 Å². The molecule has 0 aliphatic heterocycles. The number of hydrogen-bond acceptors (Lipinski definition) is 4. The van der Waals surface area contributed by atoms with Crippen LogP contribution in [0.2, 0.25) is 0 Å². The van der Waals surface area contributed by atoms with Crippen molar-refractivity contribution in [3.8, 4) is 0 Å². The minimum atomic E-state index is -0.0749. The highest BCUT2D eigenvalue weighted by Crippen LogP contribution is 2.16. The second kappa shape index (κ2) is 7.36. The van der Waals surface area contributed by atoms with Gasteiger partial charge in [-0.05, 0) is 32.2 Å². The van der Waals surface area contributed by atoms with Gasteiger partial charge in [0.25, 0.3) is 5.91 Å². The number of nitrogens with zero attached hydrogens (tertiary/aromatic N) is 3. The van der Waals surface area contributed by atoms with Gasteiger partial charge in [-0.2, -0.15) is 16.9 Å². The summed E-state index contributed by atoms with van der Waals surface area (Å²) in [5, 5.41) is 4.24. The van der Waals surface area contributed by atoms with E-state index in [1.165, 1.54) is 0 Å². The van der Waals surface area contributed by atoms with E-state index in [0.717, 1.165) is 23.6 Å². The molecule has 0 saturated carbocycles. The third kappa shape index (κ3) is 3.91. The molecule has 0 aromatic carbocycles. The summed E-state index contributed by atoms with van der Waals surface area (Å²) in [7, 11) is 0. The topological polar surface area (TPSA) is 51.3 Å². The highest BCUT2D eigenvalue weighted by Gasteiger charge is 2.18. The van der Waals surface area contributed by atoms with E-state index in [1.807, 2.05) is 37.0 Å². The molecule has 0 unspecified atom stereocenters. The smallest absolute Gasteiger partial charge is 0.289 e. The molecule has 1 amide bonds. The third-order valence-corrected chi connectivity index (χ3v) is 3.79. The first-order chi connectivity index (χ1) is 10.2. The number of rotatable bonds is 7. The van der Waals surface area contributed by atoms with Crippen LogP contribution in [0.25, 0.3) is 0 Å². The number of carbonyl (C=O) groups is 1. The van der Waals surface area contributed by atoms with Gasteiger partial charge in [0.1, 0.15) is 5.76 Å². The molecule has 0 bridgehead atoms. The Kier molecular flexibility index (Phi) is 5.50. The summed E-state index contributed by atoms with van der Waals surface area (Å²) in [6, 6.07) is 3.62. The number of aromatic nitrogens is 2. The van der Waals surface area contributed by atoms with Gasteiger partial charge in [-0.15, -0.1) is 0 Å². The lowest BCUT2D eigenvalue weighted by molar-refractivity contribution is 0.0719. The first-order valence-corrected chi connectivity index (χ1v) is 8.45. The lowest BCUT2D eigenvalue weighted by Gasteiger charge is -2.18. The highest BCUT2D eigenvalue weighted by atomic mass is 32.2. The number of carbonyl (C=O) groups excluding carboxylic acids is 1. The first-order valence-electron chi connectivity index (χ1n) is 7.06. The van der Waals surface area contributed by atoms with Crippen LogP contribution in [0.4, 0.5) is 0 Å². The van der Waals surface area contributed by atoms with Crippen molar-refractivity contribution >= 4 is 17.7 Å². The predicted octanol–water partition coefficient (Wildman–Crippen LogP) is 3.02. The van der Waals surface area contributed by atoms with Gasteiger partial charge in [0, 0.05) is 31.4 Å². The molecule has 114 valence electrons. The van der Waals surface area contributed by atoms with E-state index >= 15 is 0 Å². The molecule has 2 aromatic rings. The Hall–Kier alpha value is -1.69. The zero-order valence-electron chi connectivity index (χ0n) is 12.7. The molecule has 0 fully saturated rings. The lowest BCUT2D eigenvalue weighted by Crippen LogP contribution is -2.29. The second-order valence-corrected chi connectivity index (χ2v) is 5.59. The van der Waals surface area contributed by atoms with Crippen molar-refractivity contribution in [3.05, 3.63) is 41.6 Å². The summed E-state index contributed by atoms with van der Waals surface area (Å²) in [6.07, 6.45) is 5.78. The zero-order chi connectivity index (χ0) is 15.2. The summed E-state index contributed by atoms with van der Waals surface area (Å²) >= 11 is 1.67. The average molecular weight is 307 g/mol. The Labute approximate surface area is 129 Å². The Morgan fingerprint density at radius 2 is 2.24 bits per heavy atom. The van der Waals surface area contributed by atoms with E-state index in [1.54, 1.807) is 28.9 Å². The molecule has 0 N–H and O–H groups in total. The maximum absolute atomic E-state index is 12.5. The van der Waals surface area contributed by atoms with E-state index in [4.69, 9.17) is 4.42 Å². The summed E-state index contributed by atoms with van der Waals surface area (Å²) in [5.74, 6) is 1.95. The van der Waals surface area contributed by atoms with Crippen LogP contribution in [0.1, 0.15) is 35.7 Å². The minimum absolute atomic E-state index is 0.0749. The summed E-state index contributed by atoms with van der Waals surface area (Å²) in [4.78, 5) is 14.2. The molecule has 21 heavy (non-hydrogen) atoms. The van der Waals surface area contributed by atoms with Gasteiger partial charge < -0.3 is 9.32 Å². The second-order valence-electron chi connectivity index (χ2n) is 4.72. The maximum Gasteiger partial charge on any atom is 0.289 e. The predicted molar refractivity (Wildman–Crippen MR) is 84.2 cm³/mol. The van der Waals surface area contributed by atoms with Gasteiger partial charge >= 0.3 is 0 Å². The Balaban J connectivity index is 2.06. The number of furan rings is 1. The monoisotopic (exact) mass is 307 g/mol. The third-order valence-electron chi connectivity index (χ3n) is 3.21.